The largest absolute Gasteiger partial charge is 0.481 e. The minimum atomic E-state index is -0.808. The molecule has 0 radical (unpaired) electrons. The highest BCUT2D eigenvalue weighted by Crippen LogP contribution is 2.11. The minimum absolute atomic E-state index is 0.0613. The molecule has 2 aromatic rings. The van der Waals surface area contributed by atoms with Crippen molar-refractivity contribution in [1.29, 1.82) is 0 Å². The van der Waals surface area contributed by atoms with Gasteiger partial charge in [-0.1, -0.05) is 66.7 Å². The lowest BCUT2D eigenvalue weighted by Crippen LogP contribution is -1.90. The Morgan fingerprint density at radius 1 is 0.947 bits per heavy atom. The van der Waals surface area contributed by atoms with Crippen LogP contribution in [0.25, 0.3) is 6.08 Å². The Labute approximate surface area is 113 Å². The smallest absolute Gasteiger partial charge is 0.307 e. The Morgan fingerprint density at radius 2 is 1.58 bits per heavy atom. The molecule has 0 aliphatic carbocycles. The molecule has 2 aromatic carbocycles. The number of carboxylic acid groups (broad SMARTS) is 1. The number of carbonyl (C=O) groups is 1. The number of carboxylic acids is 1. The molecule has 0 aliphatic rings. The van der Waals surface area contributed by atoms with Gasteiger partial charge in [0.15, 0.2) is 0 Å². The Bertz CT molecular complexity index is 554. The number of hydrogen-bond donors (Lipinski definition) is 1. The minimum Gasteiger partial charge on any atom is -0.481 e. The fraction of sp³-hybridized carbons (Fsp3) is 0.118. The van der Waals surface area contributed by atoms with Gasteiger partial charge in [0.1, 0.15) is 0 Å². The molecule has 0 spiro atoms. The quantitative estimate of drug-likeness (QED) is 0.879. The fourth-order valence-corrected chi connectivity index (χ4v) is 1.87. The van der Waals surface area contributed by atoms with Gasteiger partial charge in [0, 0.05) is 0 Å². The summed E-state index contributed by atoms with van der Waals surface area (Å²) >= 11 is 0. The predicted molar refractivity (Wildman–Crippen MR) is 77.0 cm³/mol. The van der Waals surface area contributed by atoms with Gasteiger partial charge in [-0.2, -0.15) is 0 Å². The first kappa shape index (κ1) is 13.1. The molecule has 0 unspecified atom stereocenters. The van der Waals surface area contributed by atoms with E-state index >= 15 is 0 Å². The molecule has 0 aliphatic heterocycles. The molecule has 2 nitrogen and oxygen atoms in total. The van der Waals surface area contributed by atoms with Crippen LogP contribution in [-0.2, 0) is 11.2 Å². The fourth-order valence-electron chi connectivity index (χ4n) is 1.87. The van der Waals surface area contributed by atoms with Gasteiger partial charge >= 0.3 is 5.97 Å². The maximum absolute atomic E-state index is 10.4. The van der Waals surface area contributed by atoms with E-state index in [4.69, 9.17) is 5.11 Å². The average molecular weight is 252 g/mol. The third-order valence-corrected chi connectivity index (χ3v) is 2.83. The van der Waals surface area contributed by atoms with Gasteiger partial charge in [-0.05, 0) is 23.1 Å². The molecule has 0 amide bonds. The monoisotopic (exact) mass is 252 g/mol. The molecular formula is C17H16O2. The van der Waals surface area contributed by atoms with Crippen molar-refractivity contribution in [2.75, 3.05) is 0 Å². The summed E-state index contributed by atoms with van der Waals surface area (Å²) in [5.41, 5.74) is 3.57. The van der Waals surface area contributed by atoms with Crippen molar-refractivity contribution >= 4 is 12.0 Å². The number of aliphatic carboxylic acids is 1. The van der Waals surface area contributed by atoms with E-state index in [9.17, 15) is 4.79 Å². The molecule has 0 atom stereocenters. The van der Waals surface area contributed by atoms with Crippen molar-refractivity contribution in [3.8, 4) is 0 Å². The zero-order valence-corrected chi connectivity index (χ0v) is 10.6. The summed E-state index contributed by atoms with van der Waals surface area (Å²) < 4.78 is 0. The van der Waals surface area contributed by atoms with Crippen molar-refractivity contribution < 1.29 is 9.90 Å². The van der Waals surface area contributed by atoms with E-state index in [0.717, 1.165) is 12.0 Å². The highest BCUT2D eigenvalue weighted by atomic mass is 16.4. The van der Waals surface area contributed by atoms with E-state index in [1.807, 2.05) is 36.4 Å². The molecule has 0 aromatic heterocycles. The van der Waals surface area contributed by atoms with E-state index in [-0.39, 0.29) is 6.42 Å². The molecular weight excluding hydrogens is 236 g/mol. The lowest BCUT2D eigenvalue weighted by molar-refractivity contribution is -0.135. The summed E-state index contributed by atoms with van der Waals surface area (Å²) in [5.74, 6) is -0.808. The molecule has 0 heterocycles. The van der Waals surface area contributed by atoms with Crippen molar-refractivity contribution in [1.82, 2.24) is 0 Å². The summed E-state index contributed by atoms with van der Waals surface area (Å²) in [5, 5.41) is 8.55. The molecule has 0 bridgehead atoms. The lowest BCUT2D eigenvalue weighted by atomic mass is 10.0. The Balaban J connectivity index is 1.98. The SMILES string of the molecule is O=C(O)CC=Cc1ccc(Cc2ccccc2)cc1. The van der Waals surface area contributed by atoms with Gasteiger partial charge in [-0.25, -0.2) is 0 Å². The van der Waals surface area contributed by atoms with Gasteiger partial charge in [0.25, 0.3) is 0 Å². The first-order valence-corrected chi connectivity index (χ1v) is 6.25. The van der Waals surface area contributed by atoms with E-state index in [2.05, 4.69) is 24.3 Å². The second kappa shape index (κ2) is 6.55. The molecule has 2 rings (SSSR count). The van der Waals surface area contributed by atoms with Crippen LogP contribution in [0.2, 0.25) is 0 Å². The van der Waals surface area contributed by atoms with Gasteiger partial charge in [-0.15, -0.1) is 0 Å². The van der Waals surface area contributed by atoms with Crippen LogP contribution in [0.15, 0.2) is 60.7 Å². The molecule has 1 N–H and O–H groups in total. The van der Waals surface area contributed by atoms with E-state index in [0.29, 0.717) is 0 Å². The van der Waals surface area contributed by atoms with Crippen LogP contribution in [0, 0.1) is 0 Å². The zero-order valence-electron chi connectivity index (χ0n) is 10.6. The third kappa shape index (κ3) is 4.43. The topological polar surface area (TPSA) is 37.3 Å². The van der Waals surface area contributed by atoms with E-state index < -0.39 is 5.97 Å². The van der Waals surface area contributed by atoms with Gasteiger partial charge in [-0.3, -0.25) is 4.79 Å². The normalized spacial score (nSPS) is 10.7. The van der Waals surface area contributed by atoms with Crippen LogP contribution in [0.5, 0.6) is 0 Å². The molecule has 0 fully saturated rings. The summed E-state index contributed by atoms with van der Waals surface area (Å²) in [7, 11) is 0. The van der Waals surface area contributed by atoms with E-state index in [1.54, 1.807) is 6.08 Å². The summed E-state index contributed by atoms with van der Waals surface area (Å²) in [6.45, 7) is 0. The highest BCUT2D eigenvalue weighted by Gasteiger charge is 1.96. The van der Waals surface area contributed by atoms with E-state index in [1.165, 1.54) is 11.1 Å². The third-order valence-electron chi connectivity index (χ3n) is 2.83. The van der Waals surface area contributed by atoms with Crippen molar-refractivity contribution in [2.24, 2.45) is 0 Å². The summed E-state index contributed by atoms with van der Waals surface area (Å²) in [6.07, 6.45) is 4.47. The molecule has 19 heavy (non-hydrogen) atoms. The maximum atomic E-state index is 10.4. The average Bonchev–Trinajstić information content (AvgIpc) is 2.42. The highest BCUT2D eigenvalue weighted by molar-refractivity contribution is 5.70. The van der Waals surface area contributed by atoms with Crippen molar-refractivity contribution in [3.05, 3.63) is 77.4 Å². The Kier molecular flexibility index (Phi) is 4.51. The summed E-state index contributed by atoms with van der Waals surface area (Å²) in [4.78, 5) is 10.4. The van der Waals surface area contributed by atoms with Crippen LogP contribution in [0.4, 0.5) is 0 Å². The van der Waals surface area contributed by atoms with Crippen LogP contribution in [0.3, 0.4) is 0 Å². The number of benzene rings is 2. The van der Waals surface area contributed by atoms with Gasteiger partial charge in [0.05, 0.1) is 6.42 Å². The maximum Gasteiger partial charge on any atom is 0.307 e. The number of hydrogen-bond acceptors (Lipinski definition) is 1. The zero-order chi connectivity index (χ0) is 13.5. The first-order valence-electron chi connectivity index (χ1n) is 6.25. The van der Waals surface area contributed by atoms with Crippen LogP contribution in [-0.4, -0.2) is 11.1 Å². The molecule has 2 heteroatoms. The Hall–Kier alpha value is -2.35. The predicted octanol–water partition coefficient (Wildman–Crippen LogP) is 3.77. The first-order chi connectivity index (χ1) is 9.24. The molecule has 0 saturated carbocycles. The second-order valence-electron chi connectivity index (χ2n) is 4.40. The lowest BCUT2D eigenvalue weighted by Gasteiger charge is -2.02. The van der Waals surface area contributed by atoms with Crippen molar-refractivity contribution in [2.45, 2.75) is 12.8 Å². The van der Waals surface area contributed by atoms with Gasteiger partial charge < -0.3 is 5.11 Å². The molecule has 0 saturated heterocycles. The summed E-state index contributed by atoms with van der Waals surface area (Å²) in [6, 6.07) is 18.5. The Morgan fingerprint density at radius 3 is 2.21 bits per heavy atom. The number of rotatable bonds is 5. The van der Waals surface area contributed by atoms with Crippen LogP contribution in [0.1, 0.15) is 23.1 Å². The van der Waals surface area contributed by atoms with Crippen LogP contribution >= 0.6 is 0 Å². The second-order valence-corrected chi connectivity index (χ2v) is 4.40. The standard InChI is InChI=1S/C17H16O2/c18-17(19)8-4-7-14-9-11-16(12-10-14)13-15-5-2-1-3-6-15/h1-7,9-12H,8,13H2,(H,18,19). The van der Waals surface area contributed by atoms with Crippen molar-refractivity contribution in [3.63, 3.8) is 0 Å². The molecule has 96 valence electrons. The van der Waals surface area contributed by atoms with Crippen LogP contribution < -0.4 is 0 Å². The van der Waals surface area contributed by atoms with Gasteiger partial charge in [0.2, 0.25) is 0 Å².